The third-order valence-corrected chi connectivity index (χ3v) is 4.67. The molecule has 1 aromatic rings. The predicted octanol–water partition coefficient (Wildman–Crippen LogP) is 1.45. The minimum Gasteiger partial charge on any atom is -0.357 e. The van der Waals surface area contributed by atoms with Crippen LogP contribution in [0.4, 0.5) is 0 Å². The molecule has 0 aliphatic heterocycles. The van der Waals surface area contributed by atoms with E-state index in [0.29, 0.717) is 24.6 Å². The lowest BCUT2D eigenvalue weighted by Crippen LogP contribution is -2.40. The maximum Gasteiger partial charge on any atom is 0.241 e. The quantitative estimate of drug-likeness (QED) is 0.412. The molecule has 0 atom stereocenters. The molecule has 0 bridgehead atoms. The van der Waals surface area contributed by atoms with E-state index in [2.05, 4.69) is 26.3 Å². The number of hydrogen-bond acceptors (Lipinski definition) is 3. The summed E-state index contributed by atoms with van der Waals surface area (Å²) in [6.45, 7) is 8.61. The fourth-order valence-electron chi connectivity index (χ4n) is 2.00. The van der Waals surface area contributed by atoms with Gasteiger partial charge in [0.15, 0.2) is 5.96 Å². The van der Waals surface area contributed by atoms with E-state index in [0.717, 1.165) is 0 Å². The molecule has 1 rings (SSSR count). The largest absolute Gasteiger partial charge is 0.357 e. The molecule has 0 amide bonds. The number of aliphatic imine (C=N–C) groups is 1. The van der Waals surface area contributed by atoms with Crippen LogP contribution in [0.15, 0.2) is 34.2 Å². The van der Waals surface area contributed by atoms with Gasteiger partial charge in [0.25, 0.3) is 0 Å². The van der Waals surface area contributed by atoms with Crippen LogP contribution in [0.1, 0.15) is 33.3 Å². The molecule has 3 N–H and O–H groups in total. The predicted molar refractivity (Wildman–Crippen MR) is 98.2 cm³/mol. The van der Waals surface area contributed by atoms with Crippen LogP contribution in [0.5, 0.6) is 0 Å². The van der Waals surface area contributed by atoms with Crippen LogP contribution < -0.4 is 15.4 Å². The molecule has 1 aromatic carbocycles. The van der Waals surface area contributed by atoms with Gasteiger partial charge in [-0.05, 0) is 39.3 Å². The maximum atomic E-state index is 12.6. The lowest BCUT2D eigenvalue weighted by molar-refractivity contribution is 0.491. The van der Waals surface area contributed by atoms with Crippen LogP contribution in [0.25, 0.3) is 0 Å². The number of rotatable bonds is 6. The van der Waals surface area contributed by atoms with Gasteiger partial charge in [0.2, 0.25) is 10.0 Å². The number of nitrogens with one attached hydrogen (secondary N) is 3. The Balaban J connectivity index is 3.08. The van der Waals surface area contributed by atoms with Gasteiger partial charge >= 0.3 is 0 Å². The van der Waals surface area contributed by atoms with Crippen LogP contribution >= 0.6 is 0 Å². The molecule has 0 spiro atoms. The summed E-state index contributed by atoms with van der Waals surface area (Å²) in [5.74, 6) is 3.03. The van der Waals surface area contributed by atoms with Crippen molar-refractivity contribution in [2.24, 2.45) is 4.99 Å². The van der Waals surface area contributed by atoms with Crippen LogP contribution in [0, 0.1) is 12.3 Å². The summed E-state index contributed by atoms with van der Waals surface area (Å²) in [4.78, 5) is 4.63. The molecule has 0 heterocycles. The van der Waals surface area contributed by atoms with Gasteiger partial charge in [-0.25, -0.2) is 18.1 Å². The van der Waals surface area contributed by atoms with Crippen molar-refractivity contribution in [3.8, 4) is 12.3 Å². The summed E-state index contributed by atoms with van der Waals surface area (Å²) in [5, 5.41) is 6.04. The van der Waals surface area contributed by atoms with Gasteiger partial charge in [0, 0.05) is 12.1 Å². The van der Waals surface area contributed by atoms with Crippen molar-refractivity contribution in [2.75, 3.05) is 13.1 Å². The second-order valence-electron chi connectivity index (χ2n) is 6.22. The number of nitrogens with zero attached hydrogens (tertiary/aromatic N) is 1. The van der Waals surface area contributed by atoms with E-state index in [1.165, 1.54) is 0 Å². The van der Waals surface area contributed by atoms with E-state index in [1.54, 1.807) is 45.0 Å². The molecular weight excluding hydrogens is 324 g/mol. The number of guanidine groups is 1. The number of sulfonamides is 1. The van der Waals surface area contributed by atoms with Crippen LogP contribution in [0.2, 0.25) is 0 Å². The fourth-order valence-corrected chi connectivity index (χ4v) is 3.65. The molecule has 0 saturated heterocycles. The SMILES string of the molecule is C#CCNC(=NCc1ccccc1S(=O)(=O)NC(C)(C)C)NCC. The first-order chi connectivity index (χ1) is 11.2. The van der Waals surface area contributed by atoms with E-state index < -0.39 is 15.6 Å². The number of terminal acetylenes is 1. The Labute approximate surface area is 145 Å². The van der Waals surface area contributed by atoms with Gasteiger partial charge in [-0.2, -0.15) is 0 Å². The van der Waals surface area contributed by atoms with E-state index in [1.807, 2.05) is 6.92 Å². The van der Waals surface area contributed by atoms with Gasteiger partial charge in [0.05, 0.1) is 18.0 Å². The smallest absolute Gasteiger partial charge is 0.241 e. The number of benzene rings is 1. The molecule has 0 radical (unpaired) electrons. The van der Waals surface area contributed by atoms with Gasteiger partial charge in [-0.1, -0.05) is 24.1 Å². The van der Waals surface area contributed by atoms with Crippen molar-refractivity contribution in [3.63, 3.8) is 0 Å². The van der Waals surface area contributed by atoms with Crippen LogP contribution in [0.3, 0.4) is 0 Å². The average molecular weight is 350 g/mol. The lowest BCUT2D eigenvalue weighted by Gasteiger charge is -2.21. The van der Waals surface area contributed by atoms with Crippen LogP contribution in [-0.4, -0.2) is 33.0 Å². The lowest BCUT2D eigenvalue weighted by atomic mass is 10.1. The highest BCUT2D eigenvalue weighted by Gasteiger charge is 2.24. The molecule has 0 aromatic heterocycles. The summed E-state index contributed by atoms with van der Waals surface area (Å²) >= 11 is 0. The van der Waals surface area contributed by atoms with E-state index in [9.17, 15) is 8.42 Å². The zero-order valence-electron chi connectivity index (χ0n) is 14.7. The van der Waals surface area contributed by atoms with Crippen molar-refractivity contribution in [2.45, 2.75) is 44.7 Å². The minimum absolute atomic E-state index is 0.223. The standard InChI is InChI=1S/C17H26N4O2S/c1-6-12-19-16(18-7-2)20-13-14-10-8-9-11-15(14)24(22,23)21-17(3,4)5/h1,8-11,21H,7,12-13H2,2-5H3,(H2,18,19,20). The molecule has 7 heteroatoms. The fraction of sp³-hybridized carbons (Fsp3) is 0.471. The normalized spacial score (nSPS) is 12.5. The van der Waals surface area contributed by atoms with Gasteiger partial charge in [0.1, 0.15) is 0 Å². The molecule has 6 nitrogen and oxygen atoms in total. The van der Waals surface area contributed by atoms with Gasteiger partial charge < -0.3 is 10.6 Å². The van der Waals surface area contributed by atoms with Crippen molar-refractivity contribution in [3.05, 3.63) is 29.8 Å². The molecule has 0 aliphatic carbocycles. The molecule has 24 heavy (non-hydrogen) atoms. The zero-order chi connectivity index (χ0) is 18.2. The highest BCUT2D eigenvalue weighted by Crippen LogP contribution is 2.18. The van der Waals surface area contributed by atoms with E-state index >= 15 is 0 Å². The summed E-state index contributed by atoms with van der Waals surface area (Å²) in [6, 6.07) is 6.83. The van der Waals surface area contributed by atoms with E-state index in [-0.39, 0.29) is 11.4 Å². The topological polar surface area (TPSA) is 82.6 Å². The van der Waals surface area contributed by atoms with Gasteiger partial charge in [-0.3, -0.25) is 0 Å². The second kappa shape index (κ2) is 8.71. The summed E-state index contributed by atoms with van der Waals surface area (Å²) in [7, 11) is -3.62. The third kappa shape index (κ3) is 6.60. The van der Waals surface area contributed by atoms with Crippen molar-refractivity contribution in [1.82, 2.24) is 15.4 Å². The zero-order valence-corrected chi connectivity index (χ0v) is 15.5. The Morgan fingerprint density at radius 2 is 1.92 bits per heavy atom. The molecule has 0 aliphatic rings. The first-order valence-electron chi connectivity index (χ1n) is 7.77. The Hall–Kier alpha value is -2.04. The van der Waals surface area contributed by atoms with E-state index in [4.69, 9.17) is 6.42 Å². The summed E-state index contributed by atoms with van der Waals surface area (Å²) in [5.41, 5.74) is 0.0607. The number of hydrogen-bond donors (Lipinski definition) is 3. The maximum absolute atomic E-state index is 12.6. The molecule has 0 saturated carbocycles. The minimum atomic E-state index is -3.62. The Kier molecular flexibility index (Phi) is 7.26. The van der Waals surface area contributed by atoms with Crippen molar-refractivity contribution < 1.29 is 8.42 Å². The Bertz CT molecular complexity index is 713. The summed E-state index contributed by atoms with van der Waals surface area (Å²) in [6.07, 6.45) is 5.24. The molecular formula is C17H26N4O2S. The first-order valence-corrected chi connectivity index (χ1v) is 9.25. The highest BCUT2D eigenvalue weighted by atomic mass is 32.2. The monoisotopic (exact) mass is 350 g/mol. The van der Waals surface area contributed by atoms with Crippen LogP contribution in [-0.2, 0) is 16.6 Å². The molecule has 0 fully saturated rings. The Morgan fingerprint density at radius 1 is 1.25 bits per heavy atom. The van der Waals surface area contributed by atoms with Crippen molar-refractivity contribution in [1.29, 1.82) is 0 Å². The first kappa shape index (κ1) is 20.0. The highest BCUT2D eigenvalue weighted by molar-refractivity contribution is 7.89. The summed E-state index contributed by atoms with van der Waals surface area (Å²) < 4.78 is 27.9. The third-order valence-electron chi connectivity index (χ3n) is 2.81. The van der Waals surface area contributed by atoms with Gasteiger partial charge in [-0.15, -0.1) is 6.42 Å². The molecule has 0 unspecified atom stereocenters. The Morgan fingerprint density at radius 3 is 2.50 bits per heavy atom. The molecule has 132 valence electrons. The second-order valence-corrected chi connectivity index (χ2v) is 7.87. The van der Waals surface area contributed by atoms with Crippen molar-refractivity contribution >= 4 is 16.0 Å². The average Bonchev–Trinajstić information content (AvgIpc) is 2.48.